The second-order valence-corrected chi connectivity index (χ2v) is 4.67. The van der Waals surface area contributed by atoms with Gasteiger partial charge in [0.15, 0.2) is 0 Å². The minimum absolute atomic E-state index is 0.413. The number of nitrogen functional groups attached to an aromatic ring is 1. The Morgan fingerprint density at radius 1 is 1.16 bits per heavy atom. The van der Waals surface area contributed by atoms with E-state index < -0.39 is 0 Å². The van der Waals surface area contributed by atoms with Crippen molar-refractivity contribution < 1.29 is 9.47 Å². The summed E-state index contributed by atoms with van der Waals surface area (Å²) in [5.41, 5.74) is 6.77. The van der Waals surface area contributed by atoms with Crippen LogP contribution >= 0.6 is 15.9 Å². The number of ether oxygens (including phenoxy) is 2. The summed E-state index contributed by atoms with van der Waals surface area (Å²) >= 11 is 3.32. The molecule has 0 heterocycles. The molecule has 0 aliphatic carbocycles. The number of anilines is 1. The zero-order valence-corrected chi connectivity index (χ0v) is 11.8. The summed E-state index contributed by atoms with van der Waals surface area (Å²) in [4.78, 5) is 0. The van der Waals surface area contributed by atoms with Gasteiger partial charge in [-0.2, -0.15) is 5.26 Å². The minimum atomic E-state index is 0.413. The van der Waals surface area contributed by atoms with Crippen LogP contribution in [0.5, 0.6) is 17.2 Å². The maximum Gasteiger partial charge on any atom is 0.150 e. The molecular weight excluding hydrogens is 308 g/mol. The van der Waals surface area contributed by atoms with Crippen molar-refractivity contribution in [3.63, 3.8) is 0 Å². The predicted octanol–water partition coefficient (Wildman–Crippen LogP) is 3.70. The van der Waals surface area contributed by atoms with Gasteiger partial charge in [0.05, 0.1) is 18.4 Å². The molecule has 19 heavy (non-hydrogen) atoms. The first-order valence-corrected chi connectivity index (χ1v) is 6.24. The third kappa shape index (κ3) is 2.98. The second-order valence-electron chi connectivity index (χ2n) is 3.76. The number of halogens is 1. The van der Waals surface area contributed by atoms with Gasteiger partial charge in [0.2, 0.25) is 0 Å². The lowest BCUT2D eigenvalue weighted by Gasteiger charge is -2.11. The topological polar surface area (TPSA) is 68.3 Å². The Morgan fingerprint density at radius 2 is 1.95 bits per heavy atom. The van der Waals surface area contributed by atoms with Gasteiger partial charge in [0.1, 0.15) is 23.3 Å². The minimum Gasteiger partial charge on any atom is -0.497 e. The van der Waals surface area contributed by atoms with Gasteiger partial charge < -0.3 is 15.2 Å². The van der Waals surface area contributed by atoms with Gasteiger partial charge in [-0.1, -0.05) is 15.9 Å². The van der Waals surface area contributed by atoms with Crippen LogP contribution in [0.2, 0.25) is 0 Å². The van der Waals surface area contributed by atoms with Crippen molar-refractivity contribution in [2.45, 2.75) is 0 Å². The smallest absolute Gasteiger partial charge is 0.150 e. The zero-order chi connectivity index (χ0) is 13.8. The maximum absolute atomic E-state index is 9.06. The normalized spacial score (nSPS) is 9.74. The predicted molar refractivity (Wildman–Crippen MR) is 76.3 cm³/mol. The average molecular weight is 319 g/mol. The van der Waals surface area contributed by atoms with E-state index in [-0.39, 0.29) is 0 Å². The van der Waals surface area contributed by atoms with Crippen LogP contribution < -0.4 is 15.2 Å². The monoisotopic (exact) mass is 318 g/mol. The molecule has 0 unspecified atom stereocenters. The van der Waals surface area contributed by atoms with Gasteiger partial charge in [-0.3, -0.25) is 0 Å². The van der Waals surface area contributed by atoms with E-state index in [1.807, 2.05) is 6.07 Å². The molecule has 2 N–H and O–H groups in total. The summed E-state index contributed by atoms with van der Waals surface area (Å²) in [5, 5.41) is 9.06. The second kappa shape index (κ2) is 5.63. The van der Waals surface area contributed by atoms with Crippen LogP contribution in [0, 0.1) is 11.3 Å². The lowest BCUT2D eigenvalue weighted by atomic mass is 10.2. The number of methoxy groups -OCH3 is 1. The molecular formula is C14H11BrN2O2. The molecule has 0 saturated heterocycles. The molecule has 0 atom stereocenters. The fraction of sp³-hybridized carbons (Fsp3) is 0.0714. The van der Waals surface area contributed by atoms with Gasteiger partial charge in [0, 0.05) is 10.5 Å². The third-order valence-electron chi connectivity index (χ3n) is 2.50. The molecule has 2 aromatic rings. The van der Waals surface area contributed by atoms with Crippen molar-refractivity contribution in [2.75, 3.05) is 12.8 Å². The summed E-state index contributed by atoms with van der Waals surface area (Å²) in [5.74, 6) is 1.52. The molecule has 0 amide bonds. The Bertz CT molecular complexity index is 650. The SMILES string of the molecule is COc1ccc(C#N)c(Oc2ccc(Br)cc2N)c1. The summed E-state index contributed by atoms with van der Waals surface area (Å²) in [6.07, 6.45) is 0. The van der Waals surface area contributed by atoms with Crippen molar-refractivity contribution >= 4 is 21.6 Å². The van der Waals surface area contributed by atoms with E-state index in [1.165, 1.54) is 0 Å². The first-order valence-electron chi connectivity index (χ1n) is 5.45. The number of hydrogen-bond acceptors (Lipinski definition) is 4. The Hall–Kier alpha value is -2.19. The fourth-order valence-electron chi connectivity index (χ4n) is 1.54. The molecule has 0 bridgehead atoms. The molecule has 0 aromatic heterocycles. The Kier molecular flexibility index (Phi) is 3.93. The highest BCUT2D eigenvalue weighted by Crippen LogP contribution is 2.33. The third-order valence-corrected chi connectivity index (χ3v) is 2.99. The summed E-state index contributed by atoms with van der Waals surface area (Å²) < 4.78 is 11.7. The molecule has 0 aliphatic heterocycles. The zero-order valence-electron chi connectivity index (χ0n) is 10.2. The Morgan fingerprint density at radius 3 is 2.58 bits per heavy atom. The first-order chi connectivity index (χ1) is 9.13. The summed E-state index contributed by atoms with van der Waals surface area (Å²) in [6, 6.07) is 12.4. The number of nitrogens with two attached hydrogens (primary N) is 1. The first kappa shape index (κ1) is 13.2. The summed E-state index contributed by atoms with van der Waals surface area (Å²) in [7, 11) is 1.55. The van der Waals surface area contributed by atoms with Crippen LogP contribution in [0.15, 0.2) is 40.9 Å². The van der Waals surface area contributed by atoms with Crippen molar-refractivity contribution in [3.05, 3.63) is 46.4 Å². The fourth-order valence-corrected chi connectivity index (χ4v) is 1.92. The molecule has 2 rings (SSSR count). The van der Waals surface area contributed by atoms with Gasteiger partial charge in [0.25, 0.3) is 0 Å². The van der Waals surface area contributed by atoms with Crippen LogP contribution in [0.25, 0.3) is 0 Å². The molecule has 0 spiro atoms. The van der Waals surface area contributed by atoms with E-state index in [1.54, 1.807) is 37.4 Å². The highest BCUT2D eigenvalue weighted by molar-refractivity contribution is 9.10. The van der Waals surface area contributed by atoms with E-state index in [9.17, 15) is 0 Å². The molecule has 0 aliphatic rings. The number of hydrogen-bond donors (Lipinski definition) is 1. The van der Waals surface area contributed by atoms with Crippen molar-refractivity contribution in [1.29, 1.82) is 5.26 Å². The lowest BCUT2D eigenvalue weighted by molar-refractivity contribution is 0.409. The van der Waals surface area contributed by atoms with E-state index >= 15 is 0 Å². The van der Waals surface area contributed by atoms with E-state index in [4.69, 9.17) is 20.5 Å². The van der Waals surface area contributed by atoms with Crippen LogP contribution in [0.1, 0.15) is 5.56 Å². The molecule has 0 radical (unpaired) electrons. The molecule has 2 aromatic carbocycles. The summed E-state index contributed by atoms with van der Waals surface area (Å²) in [6.45, 7) is 0. The highest BCUT2D eigenvalue weighted by atomic mass is 79.9. The van der Waals surface area contributed by atoms with E-state index in [0.29, 0.717) is 28.5 Å². The molecule has 5 heteroatoms. The van der Waals surface area contributed by atoms with Crippen molar-refractivity contribution in [3.8, 4) is 23.3 Å². The van der Waals surface area contributed by atoms with Crippen LogP contribution in [-0.4, -0.2) is 7.11 Å². The quantitative estimate of drug-likeness (QED) is 0.876. The average Bonchev–Trinajstić information content (AvgIpc) is 2.41. The molecule has 0 fully saturated rings. The van der Waals surface area contributed by atoms with Crippen LogP contribution in [0.4, 0.5) is 5.69 Å². The number of nitrogens with zero attached hydrogens (tertiary/aromatic N) is 1. The maximum atomic E-state index is 9.06. The van der Waals surface area contributed by atoms with Gasteiger partial charge in [-0.05, 0) is 30.3 Å². The van der Waals surface area contributed by atoms with Crippen LogP contribution in [0.3, 0.4) is 0 Å². The number of benzene rings is 2. The Labute approximate surface area is 119 Å². The van der Waals surface area contributed by atoms with Gasteiger partial charge in [-0.25, -0.2) is 0 Å². The van der Waals surface area contributed by atoms with Gasteiger partial charge in [-0.15, -0.1) is 0 Å². The van der Waals surface area contributed by atoms with Crippen molar-refractivity contribution in [2.24, 2.45) is 0 Å². The highest BCUT2D eigenvalue weighted by Gasteiger charge is 2.09. The number of rotatable bonds is 3. The van der Waals surface area contributed by atoms with E-state index in [0.717, 1.165) is 4.47 Å². The lowest BCUT2D eigenvalue weighted by Crippen LogP contribution is -1.94. The standard InChI is InChI=1S/C14H11BrN2O2/c1-18-11-4-2-9(8-16)14(7-11)19-13-5-3-10(15)6-12(13)17/h2-7H,17H2,1H3. The molecule has 96 valence electrons. The number of nitriles is 1. The van der Waals surface area contributed by atoms with E-state index in [2.05, 4.69) is 22.0 Å². The van der Waals surface area contributed by atoms with Crippen LogP contribution in [-0.2, 0) is 0 Å². The molecule has 4 nitrogen and oxygen atoms in total. The Balaban J connectivity index is 2.39. The van der Waals surface area contributed by atoms with Crippen molar-refractivity contribution in [1.82, 2.24) is 0 Å². The largest absolute Gasteiger partial charge is 0.497 e. The van der Waals surface area contributed by atoms with Gasteiger partial charge >= 0.3 is 0 Å². The molecule has 0 saturated carbocycles.